The Morgan fingerprint density at radius 2 is 1.82 bits per heavy atom. The number of aromatic nitrogens is 1. The minimum Gasteiger partial charge on any atom is -0.436 e. The number of nitrogens with zero attached hydrogens (tertiary/aromatic N) is 2. The van der Waals surface area contributed by atoms with E-state index in [1.807, 2.05) is 0 Å². The SMILES string of the molecule is O=C(Nc1ccccc1-c1nc2ccc([N+](=O)[O-])cc2o1)c1ccc(F)cc1. The highest BCUT2D eigenvalue weighted by molar-refractivity contribution is 6.06. The highest BCUT2D eigenvalue weighted by Gasteiger charge is 2.16. The van der Waals surface area contributed by atoms with E-state index in [2.05, 4.69) is 10.3 Å². The number of carbonyl (C=O) groups excluding carboxylic acids is 1. The fourth-order valence-corrected chi connectivity index (χ4v) is 2.72. The summed E-state index contributed by atoms with van der Waals surface area (Å²) in [5.41, 5.74) is 1.87. The van der Waals surface area contributed by atoms with Gasteiger partial charge in [-0.25, -0.2) is 9.37 Å². The number of benzene rings is 3. The van der Waals surface area contributed by atoms with Gasteiger partial charge in [0.2, 0.25) is 5.89 Å². The summed E-state index contributed by atoms with van der Waals surface area (Å²) in [6.45, 7) is 0. The van der Waals surface area contributed by atoms with Crippen LogP contribution in [0.1, 0.15) is 10.4 Å². The molecule has 0 radical (unpaired) electrons. The number of nitro benzene ring substituents is 1. The third-order valence-electron chi connectivity index (χ3n) is 4.09. The lowest BCUT2D eigenvalue weighted by atomic mass is 10.1. The molecule has 0 saturated heterocycles. The summed E-state index contributed by atoms with van der Waals surface area (Å²) in [6.07, 6.45) is 0. The predicted octanol–water partition coefficient (Wildman–Crippen LogP) is 4.79. The molecule has 0 aliphatic rings. The summed E-state index contributed by atoms with van der Waals surface area (Å²) in [5, 5.41) is 13.7. The molecule has 0 spiro atoms. The Labute approximate surface area is 157 Å². The Hall–Kier alpha value is -4.07. The van der Waals surface area contributed by atoms with Crippen LogP contribution in [0.15, 0.2) is 71.1 Å². The molecule has 28 heavy (non-hydrogen) atoms. The maximum absolute atomic E-state index is 13.0. The van der Waals surface area contributed by atoms with Crippen LogP contribution in [0.2, 0.25) is 0 Å². The fraction of sp³-hybridized carbons (Fsp3) is 0. The summed E-state index contributed by atoms with van der Waals surface area (Å²) in [5.74, 6) is -0.637. The molecular weight excluding hydrogens is 365 g/mol. The highest BCUT2D eigenvalue weighted by Crippen LogP contribution is 2.31. The van der Waals surface area contributed by atoms with Crippen molar-refractivity contribution in [2.75, 3.05) is 5.32 Å². The van der Waals surface area contributed by atoms with Gasteiger partial charge < -0.3 is 9.73 Å². The summed E-state index contributed by atoms with van der Waals surface area (Å²) in [4.78, 5) is 27.2. The van der Waals surface area contributed by atoms with Crippen LogP contribution in [-0.2, 0) is 0 Å². The molecule has 3 aromatic carbocycles. The van der Waals surface area contributed by atoms with Crippen molar-refractivity contribution in [1.82, 2.24) is 4.98 Å². The number of amides is 1. The Kier molecular flexibility index (Phi) is 4.29. The van der Waals surface area contributed by atoms with E-state index in [-0.39, 0.29) is 17.2 Å². The molecule has 1 aromatic heterocycles. The number of hydrogen-bond donors (Lipinski definition) is 1. The van der Waals surface area contributed by atoms with Crippen LogP contribution in [0.4, 0.5) is 15.8 Å². The van der Waals surface area contributed by atoms with Crippen molar-refractivity contribution in [3.8, 4) is 11.5 Å². The normalized spacial score (nSPS) is 10.8. The molecule has 0 bridgehead atoms. The van der Waals surface area contributed by atoms with Crippen LogP contribution in [0, 0.1) is 15.9 Å². The predicted molar refractivity (Wildman–Crippen MR) is 100 cm³/mol. The van der Waals surface area contributed by atoms with E-state index < -0.39 is 16.6 Å². The second kappa shape index (κ2) is 6.92. The second-order valence-electron chi connectivity index (χ2n) is 5.93. The third-order valence-corrected chi connectivity index (χ3v) is 4.09. The number of halogens is 1. The summed E-state index contributed by atoms with van der Waals surface area (Å²) in [7, 11) is 0. The van der Waals surface area contributed by atoms with E-state index in [9.17, 15) is 19.3 Å². The monoisotopic (exact) mass is 377 g/mol. The van der Waals surface area contributed by atoms with E-state index in [4.69, 9.17) is 4.42 Å². The number of para-hydroxylation sites is 1. The topological polar surface area (TPSA) is 98.3 Å². The first-order valence-corrected chi connectivity index (χ1v) is 8.22. The number of anilines is 1. The quantitative estimate of drug-likeness (QED) is 0.407. The van der Waals surface area contributed by atoms with Gasteiger partial charge in [-0.2, -0.15) is 0 Å². The molecule has 0 unspecified atom stereocenters. The zero-order valence-electron chi connectivity index (χ0n) is 14.3. The average molecular weight is 377 g/mol. The highest BCUT2D eigenvalue weighted by atomic mass is 19.1. The third kappa shape index (κ3) is 3.30. The van der Waals surface area contributed by atoms with Gasteiger partial charge >= 0.3 is 0 Å². The average Bonchev–Trinajstić information content (AvgIpc) is 3.12. The largest absolute Gasteiger partial charge is 0.436 e. The molecule has 0 aliphatic carbocycles. The van der Waals surface area contributed by atoms with Gasteiger partial charge in [0.1, 0.15) is 11.3 Å². The van der Waals surface area contributed by atoms with Crippen molar-refractivity contribution in [2.45, 2.75) is 0 Å². The molecule has 0 fully saturated rings. The number of carbonyl (C=O) groups is 1. The summed E-state index contributed by atoms with van der Waals surface area (Å²) in [6, 6.07) is 16.2. The molecule has 4 rings (SSSR count). The molecule has 1 heterocycles. The lowest BCUT2D eigenvalue weighted by Crippen LogP contribution is -2.12. The van der Waals surface area contributed by atoms with Crippen LogP contribution < -0.4 is 5.32 Å². The van der Waals surface area contributed by atoms with Gasteiger partial charge in [0.15, 0.2) is 5.58 Å². The zero-order chi connectivity index (χ0) is 19.7. The maximum atomic E-state index is 13.0. The Morgan fingerprint density at radius 1 is 1.07 bits per heavy atom. The number of non-ortho nitro benzene ring substituents is 1. The number of nitrogens with one attached hydrogen (secondary N) is 1. The van der Waals surface area contributed by atoms with Gasteiger partial charge in [-0.1, -0.05) is 12.1 Å². The smallest absolute Gasteiger partial charge is 0.273 e. The minimum atomic E-state index is -0.515. The van der Waals surface area contributed by atoms with Gasteiger partial charge in [-0.05, 0) is 42.5 Å². The van der Waals surface area contributed by atoms with E-state index in [1.54, 1.807) is 24.3 Å². The van der Waals surface area contributed by atoms with Crippen molar-refractivity contribution in [2.24, 2.45) is 0 Å². The Balaban J connectivity index is 1.69. The fourth-order valence-electron chi connectivity index (χ4n) is 2.72. The molecular formula is C20H12FN3O4. The first kappa shape index (κ1) is 17.3. The molecule has 138 valence electrons. The van der Waals surface area contributed by atoms with E-state index in [1.165, 1.54) is 42.5 Å². The maximum Gasteiger partial charge on any atom is 0.273 e. The lowest BCUT2D eigenvalue weighted by Gasteiger charge is -2.08. The second-order valence-corrected chi connectivity index (χ2v) is 5.93. The Bertz CT molecular complexity index is 1200. The van der Waals surface area contributed by atoms with Gasteiger partial charge in [-0.3, -0.25) is 14.9 Å². The van der Waals surface area contributed by atoms with Crippen LogP contribution in [-0.4, -0.2) is 15.8 Å². The molecule has 0 saturated carbocycles. The van der Waals surface area contributed by atoms with Crippen LogP contribution in [0.5, 0.6) is 0 Å². The molecule has 1 amide bonds. The van der Waals surface area contributed by atoms with Gasteiger partial charge in [0.05, 0.1) is 22.2 Å². The van der Waals surface area contributed by atoms with Crippen molar-refractivity contribution in [3.63, 3.8) is 0 Å². The number of oxazole rings is 1. The lowest BCUT2D eigenvalue weighted by molar-refractivity contribution is -0.384. The molecule has 0 aliphatic heterocycles. The van der Waals surface area contributed by atoms with Gasteiger partial charge in [0, 0.05) is 11.6 Å². The minimum absolute atomic E-state index is 0.104. The van der Waals surface area contributed by atoms with Crippen LogP contribution in [0.25, 0.3) is 22.6 Å². The van der Waals surface area contributed by atoms with Crippen molar-refractivity contribution >= 4 is 28.4 Å². The molecule has 7 nitrogen and oxygen atoms in total. The van der Waals surface area contributed by atoms with Gasteiger partial charge in [0.25, 0.3) is 11.6 Å². The van der Waals surface area contributed by atoms with Crippen molar-refractivity contribution < 1.29 is 18.5 Å². The van der Waals surface area contributed by atoms with E-state index in [0.717, 1.165) is 0 Å². The molecule has 1 N–H and O–H groups in total. The van der Waals surface area contributed by atoms with Gasteiger partial charge in [-0.15, -0.1) is 0 Å². The molecule has 8 heteroatoms. The van der Waals surface area contributed by atoms with Crippen LogP contribution >= 0.6 is 0 Å². The zero-order valence-corrected chi connectivity index (χ0v) is 14.3. The van der Waals surface area contributed by atoms with Crippen LogP contribution in [0.3, 0.4) is 0 Å². The Morgan fingerprint density at radius 3 is 2.57 bits per heavy atom. The number of rotatable bonds is 4. The number of hydrogen-bond acceptors (Lipinski definition) is 5. The number of nitro groups is 1. The van der Waals surface area contributed by atoms with Crippen molar-refractivity contribution in [1.29, 1.82) is 0 Å². The van der Waals surface area contributed by atoms with Crippen molar-refractivity contribution in [3.05, 3.63) is 88.2 Å². The first-order chi connectivity index (χ1) is 13.5. The molecule has 4 aromatic rings. The van der Waals surface area contributed by atoms with E-state index >= 15 is 0 Å². The summed E-state index contributed by atoms with van der Waals surface area (Å²) >= 11 is 0. The standard InChI is InChI=1S/C20H12FN3O4/c21-13-7-5-12(6-8-13)19(25)22-16-4-2-1-3-15(16)20-23-17-10-9-14(24(26)27)11-18(17)28-20/h1-11H,(H,22,25). The number of fused-ring (bicyclic) bond motifs is 1. The summed E-state index contributed by atoms with van der Waals surface area (Å²) < 4.78 is 18.7. The first-order valence-electron chi connectivity index (χ1n) is 8.22. The van der Waals surface area contributed by atoms with E-state index in [0.29, 0.717) is 22.3 Å². The molecule has 0 atom stereocenters.